The zero-order valence-electron chi connectivity index (χ0n) is 10.2. The van der Waals surface area contributed by atoms with Gasteiger partial charge in [-0.2, -0.15) is 13.2 Å². The minimum Gasteiger partial charge on any atom is -0.263 e. The van der Waals surface area contributed by atoms with E-state index in [9.17, 15) is 21.6 Å². The Balaban J connectivity index is 2.46. The van der Waals surface area contributed by atoms with Crippen molar-refractivity contribution >= 4 is 31.8 Å². The van der Waals surface area contributed by atoms with Crippen molar-refractivity contribution in [3.8, 4) is 0 Å². The van der Waals surface area contributed by atoms with Crippen molar-refractivity contribution in [2.75, 3.05) is 4.72 Å². The molecule has 0 amide bonds. The zero-order chi connectivity index (χ0) is 15.7. The molecular weight excluding hydrogens is 373 g/mol. The summed E-state index contributed by atoms with van der Waals surface area (Å²) in [6.07, 6.45) is -4.77. The van der Waals surface area contributed by atoms with Gasteiger partial charge < -0.3 is 0 Å². The molecule has 0 atom stereocenters. The number of nitrogens with zero attached hydrogens (tertiary/aromatic N) is 1. The summed E-state index contributed by atoms with van der Waals surface area (Å²) in [4.78, 5) is 2.97. The molecule has 2 rings (SSSR count). The number of hydrogen-bond donors (Lipinski definition) is 1. The van der Waals surface area contributed by atoms with E-state index in [0.717, 1.165) is 12.1 Å². The summed E-state index contributed by atoms with van der Waals surface area (Å²) in [6.45, 7) is 0. The Labute approximate surface area is 127 Å². The van der Waals surface area contributed by atoms with Gasteiger partial charge >= 0.3 is 6.18 Å². The van der Waals surface area contributed by atoms with Gasteiger partial charge in [-0.25, -0.2) is 13.4 Å². The van der Waals surface area contributed by atoms with Gasteiger partial charge in [0.15, 0.2) is 0 Å². The predicted molar refractivity (Wildman–Crippen MR) is 74.2 cm³/mol. The minimum atomic E-state index is -4.77. The Morgan fingerprint density at radius 1 is 1.05 bits per heavy atom. The largest absolute Gasteiger partial charge is 0.417 e. The van der Waals surface area contributed by atoms with Gasteiger partial charge in [0.2, 0.25) is 0 Å². The normalized spacial score (nSPS) is 12.2. The van der Waals surface area contributed by atoms with Gasteiger partial charge in [-0.05, 0) is 40.2 Å². The lowest BCUT2D eigenvalue weighted by molar-refractivity contribution is -0.139. The number of sulfonamides is 1. The van der Waals surface area contributed by atoms with E-state index in [1.807, 2.05) is 4.72 Å². The molecule has 0 aliphatic rings. The second kappa shape index (κ2) is 5.64. The molecule has 0 aliphatic carbocycles. The van der Waals surface area contributed by atoms with Crippen LogP contribution in [0.4, 0.5) is 19.0 Å². The average Bonchev–Trinajstić information content (AvgIpc) is 2.37. The SMILES string of the molecule is O=S(=O)(Nc1cccc(Br)n1)c1ccccc1C(F)(F)F. The molecule has 0 bridgehead atoms. The number of rotatable bonds is 3. The van der Waals surface area contributed by atoms with Crippen LogP contribution >= 0.6 is 15.9 Å². The average molecular weight is 381 g/mol. The number of pyridine rings is 1. The number of anilines is 1. The number of benzene rings is 1. The van der Waals surface area contributed by atoms with Gasteiger partial charge in [-0.3, -0.25) is 4.72 Å². The maximum Gasteiger partial charge on any atom is 0.417 e. The quantitative estimate of drug-likeness (QED) is 0.826. The van der Waals surface area contributed by atoms with Crippen molar-refractivity contribution in [1.29, 1.82) is 0 Å². The Bertz CT molecular complexity index is 763. The number of halogens is 4. The molecule has 9 heteroatoms. The van der Waals surface area contributed by atoms with Gasteiger partial charge in [0.05, 0.1) is 10.5 Å². The van der Waals surface area contributed by atoms with Crippen molar-refractivity contribution < 1.29 is 21.6 Å². The second-order valence-corrected chi connectivity index (χ2v) is 6.41. The standard InChI is InChI=1S/C12H8BrF3N2O2S/c13-10-6-3-7-11(17-10)18-21(19,20)9-5-2-1-4-8(9)12(14,15)16/h1-7H,(H,17,18). The third-order valence-corrected chi connectivity index (χ3v) is 4.29. The van der Waals surface area contributed by atoms with Gasteiger partial charge in [0, 0.05) is 0 Å². The number of nitrogens with one attached hydrogen (secondary N) is 1. The highest BCUT2D eigenvalue weighted by Gasteiger charge is 2.36. The lowest BCUT2D eigenvalue weighted by atomic mass is 10.2. The van der Waals surface area contributed by atoms with E-state index in [2.05, 4.69) is 20.9 Å². The van der Waals surface area contributed by atoms with Gasteiger partial charge in [0.1, 0.15) is 10.4 Å². The van der Waals surface area contributed by atoms with E-state index in [4.69, 9.17) is 0 Å². The Hall–Kier alpha value is -1.61. The molecule has 0 spiro atoms. The highest BCUT2D eigenvalue weighted by atomic mass is 79.9. The molecule has 0 radical (unpaired) electrons. The fourth-order valence-electron chi connectivity index (χ4n) is 1.59. The van der Waals surface area contributed by atoms with Crippen molar-refractivity contribution in [2.24, 2.45) is 0 Å². The van der Waals surface area contributed by atoms with Crippen LogP contribution in [0.2, 0.25) is 0 Å². The van der Waals surface area contributed by atoms with Gasteiger partial charge in [-0.1, -0.05) is 18.2 Å². The number of alkyl halides is 3. The van der Waals surface area contributed by atoms with Gasteiger partial charge in [0.25, 0.3) is 10.0 Å². The summed E-state index contributed by atoms with van der Waals surface area (Å²) in [5.41, 5.74) is -1.23. The Kier molecular flexibility index (Phi) is 4.24. The molecule has 2 aromatic rings. The lowest BCUT2D eigenvalue weighted by Crippen LogP contribution is -2.19. The summed E-state index contributed by atoms with van der Waals surface area (Å²) in [5.74, 6) is -0.0821. The van der Waals surface area contributed by atoms with Crippen LogP contribution in [0.15, 0.2) is 52.0 Å². The summed E-state index contributed by atoms with van der Waals surface area (Å²) in [6, 6.07) is 8.34. The molecule has 112 valence electrons. The predicted octanol–water partition coefficient (Wildman–Crippen LogP) is 3.66. The zero-order valence-corrected chi connectivity index (χ0v) is 12.6. The Morgan fingerprint density at radius 3 is 2.33 bits per heavy atom. The molecular formula is C12H8BrF3N2O2S. The maximum atomic E-state index is 12.9. The van der Waals surface area contributed by atoms with Crippen LogP contribution in [-0.4, -0.2) is 13.4 Å². The first-order valence-corrected chi connectivity index (χ1v) is 7.79. The van der Waals surface area contributed by atoms with E-state index in [1.165, 1.54) is 18.2 Å². The fraction of sp³-hybridized carbons (Fsp3) is 0.0833. The van der Waals surface area contributed by atoms with E-state index in [1.54, 1.807) is 6.07 Å². The fourth-order valence-corrected chi connectivity index (χ4v) is 3.17. The van der Waals surface area contributed by atoms with E-state index < -0.39 is 26.7 Å². The van der Waals surface area contributed by atoms with Crippen LogP contribution in [0.1, 0.15) is 5.56 Å². The smallest absolute Gasteiger partial charge is 0.263 e. The first-order valence-electron chi connectivity index (χ1n) is 5.52. The molecule has 0 fully saturated rings. The molecule has 1 aromatic carbocycles. The summed E-state index contributed by atoms with van der Waals surface area (Å²) in [5, 5.41) is 0. The topological polar surface area (TPSA) is 59.1 Å². The molecule has 0 unspecified atom stereocenters. The molecule has 1 heterocycles. The molecule has 4 nitrogen and oxygen atoms in total. The van der Waals surface area contributed by atoms with Crippen LogP contribution in [-0.2, 0) is 16.2 Å². The van der Waals surface area contributed by atoms with Crippen LogP contribution < -0.4 is 4.72 Å². The first kappa shape index (κ1) is 15.8. The molecule has 1 aromatic heterocycles. The van der Waals surface area contributed by atoms with Crippen molar-refractivity contribution in [1.82, 2.24) is 4.98 Å². The highest BCUT2D eigenvalue weighted by molar-refractivity contribution is 9.10. The minimum absolute atomic E-state index is 0.0821. The first-order chi connectivity index (χ1) is 9.70. The lowest BCUT2D eigenvalue weighted by Gasteiger charge is -2.13. The van der Waals surface area contributed by atoms with Crippen LogP contribution in [0.3, 0.4) is 0 Å². The Morgan fingerprint density at radius 2 is 1.71 bits per heavy atom. The third kappa shape index (κ3) is 3.73. The van der Waals surface area contributed by atoms with Gasteiger partial charge in [-0.15, -0.1) is 0 Å². The van der Waals surface area contributed by atoms with Crippen LogP contribution in [0.25, 0.3) is 0 Å². The summed E-state index contributed by atoms with van der Waals surface area (Å²) < 4.78 is 65.2. The molecule has 0 saturated carbocycles. The van der Waals surface area contributed by atoms with Crippen molar-refractivity contribution in [2.45, 2.75) is 11.1 Å². The maximum absolute atomic E-state index is 12.9. The summed E-state index contributed by atoms with van der Waals surface area (Å²) in [7, 11) is -4.40. The van der Waals surface area contributed by atoms with Crippen LogP contribution in [0.5, 0.6) is 0 Å². The highest BCUT2D eigenvalue weighted by Crippen LogP contribution is 2.34. The van der Waals surface area contributed by atoms with Crippen molar-refractivity contribution in [3.63, 3.8) is 0 Å². The molecule has 1 N–H and O–H groups in total. The van der Waals surface area contributed by atoms with Crippen molar-refractivity contribution in [3.05, 3.63) is 52.6 Å². The van der Waals surface area contributed by atoms with E-state index in [-0.39, 0.29) is 5.82 Å². The van der Waals surface area contributed by atoms with Crippen LogP contribution in [0, 0.1) is 0 Å². The third-order valence-electron chi connectivity index (χ3n) is 2.44. The number of hydrogen-bond acceptors (Lipinski definition) is 3. The van der Waals surface area contributed by atoms with E-state index in [0.29, 0.717) is 10.7 Å². The molecule has 21 heavy (non-hydrogen) atoms. The van der Waals surface area contributed by atoms with E-state index >= 15 is 0 Å². The summed E-state index contributed by atoms with van der Waals surface area (Å²) >= 11 is 3.05. The molecule has 0 saturated heterocycles. The monoisotopic (exact) mass is 380 g/mol. The molecule has 0 aliphatic heterocycles. The number of aromatic nitrogens is 1. The second-order valence-electron chi connectivity index (χ2n) is 3.94.